The molecule has 0 atom stereocenters. The molecular weight excluding hydrogens is 333 g/mol. The van der Waals surface area contributed by atoms with Crippen LogP contribution in [0.4, 0.5) is 0 Å². The van der Waals surface area contributed by atoms with Crippen molar-refractivity contribution in [2.45, 2.75) is 27.3 Å². The number of rotatable bonds is 4. The topological polar surface area (TPSA) is 55.2 Å². The Morgan fingerprint density at radius 2 is 2.06 bits per heavy atom. The molecule has 17 heavy (non-hydrogen) atoms. The van der Waals surface area contributed by atoms with Crippen molar-refractivity contribution >= 4 is 28.5 Å². The molecule has 6 heteroatoms. The number of hydrogen-bond donors (Lipinski definition) is 0. The predicted octanol–water partition coefficient (Wildman–Crippen LogP) is 1.02. The van der Waals surface area contributed by atoms with Gasteiger partial charge >= 0.3 is 0 Å². The summed E-state index contributed by atoms with van der Waals surface area (Å²) in [4.78, 5) is 29.6. The molecule has 5 nitrogen and oxygen atoms in total. The molecule has 1 rings (SSSR count). The first-order chi connectivity index (χ1) is 8.01. The van der Waals surface area contributed by atoms with E-state index in [1.807, 2.05) is 36.4 Å². The Morgan fingerprint density at radius 1 is 1.47 bits per heavy atom. The molecule has 1 aromatic rings. The first-order valence-electron chi connectivity index (χ1n) is 5.50. The first-order valence-corrected chi connectivity index (χ1v) is 6.58. The zero-order valence-electron chi connectivity index (χ0n) is 10.2. The van der Waals surface area contributed by atoms with E-state index in [1.54, 1.807) is 11.8 Å². The van der Waals surface area contributed by atoms with Crippen molar-refractivity contribution in [2.75, 3.05) is 13.1 Å². The van der Waals surface area contributed by atoms with Crippen LogP contribution in [0.1, 0.15) is 19.7 Å². The van der Waals surface area contributed by atoms with E-state index in [9.17, 15) is 9.59 Å². The molecule has 0 aromatic carbocycles. The van der Waals surface area contributed by atoms with Gasteiger partial charge in [0.2, 0.25) is 5.91 Å². The normalized spacial score (nSPS) is 10.4. The number of aryl methyl sites for hydroxylation is 1. The highest BCUT2D eigenvalue weighted by atomic mass is 127. The highest BCUT2D eigenvalue weighted by Crippen LogP contribution is 1.99. The number of nitrogens with zero attached hydrogens (tertiary/aromatic N) is 3. The minimum absolute atomic E-state index is 0.0519. The van der Waals surface area contributed by atoms with Crippen LogP contribution < -0.4 is 5.56 Å². The van der Waals surface area contributed by atoms with Crippen molar-refractivity contribution in [3.05, 3.63) is 25.9 Å². The molecule has 1 aromatic heterocycles. The molecular formula is C11H16IN3O2. The predicted molar refractivity (Wildman–Crippen MR) is 73.9 cm³/mol. The van der Waals surface area contributed by atoms with Crippen molar-refractivity contribution in [3.63, 3.8) is 0 Å². The molecule has 0 aliphatic heterocycles. The largest absolute Gasteiger partial charge is 0.342 e. The van der Waals surface area contributed by atoms with Crippen LogP contribution >= 0.6 is 22.6 Å². The molecule has 1 amide bonds. The number of halogens is 1. The maximum absolute atomic E-state index is 11.9. The molecule has 0 bridgehead atoms. The molecule has 0 radical (unpaired) electrons. The first kappa shape index (κ1) is 14.1. The lowest BCUT2D eigenvalue weighted by molar-refractivity contribution is -0.131. The number of carbonyl (C=O) groups excluding carboxylic acids is 1. The van der Waals surface area contributed by atoms with E-state index in [-0.39, 0.29) is 18.0 Å². The zero-order valence-corrected chi connectivity index (χ0v) is 12.4. The molecule has 0 fully saturated rings. The lowest BCUT2D eigenvalue weighted by Gasteiger charge is -2.19. The van der Waals surface area contributed by atoms with E-state index in [0.29, 0.717) is 22.5 Å². The Kier molecular flexibility index (Phi) is 5.10. The fourth-order valence-electron chi connectivity index (χ4n) is 1.55. The number of amides is 1. The summed E-state index contributed by atoms with van der Waals surface area (Å²) >= 11 is 1.93. The summed E-state index contributed by atoms with van der Waals surface area (Å²) in [7, 11) is 0. The van der Waals surface area contributed by atoms with Crippen LogP contribution in [0.2, 0.25) is 0 Å². The Labute approximate surface area is 114 Å². The second-order valence-corrected chi connectivity index (χ2v) is 4.77. The minimum Gasteiger partial charge on any atom is -0.342 e. The van der Waals surface area contributed by atoms with Gasteiger partial charge in [-0.3, -0.25) is 14.2 Å². The van der Waals surface area contributed by atoms with Gasteiger partial charge in [0.15, 0.2) is 0 Å². The molecule has 0 unspecified atom stereocenters. The van der Waals surface area contributed by atoms with Gasteiger partial charge in [0, 0.05) is 19.3 Å². The smallest absolute Gasteiger partial charge is 0.267 e. The third kappa shape index (κ3) is 3.27. The lowest BCUT2D eigenvalue weighted by Crippen LogP contribution is -2.37. The molecule has 0 spiro atoms. The molecule has 0 aliphatic carbocycles. The number of hydrogen-bond acceptors (Lipinski definition) is 3. The van der Waals surface area contributed by atoms with Gasteiger partial charge < -0.3 is 4.90 Å². The van der Waals surface area contributed by atoms with Gasteiger partial charge in [0.1, 0.15) is 12.4 Å². The van der Waals surface area contributed by atoms with E-state index >= 15 is 0 Å². The second kappa shape index (κ2) is 6.13. The monoisotopic (exact) mass is 349 g/mol. The summed E-state index contributed by atoms with van der Waals surface area (Å²) in [5.74, 6) is 0.514. The second-order valence-electron chi connectivity index (χ2n) is 3.61. The standard InChI is InChI=1S/C11H16IN3O2/c1-4-14(5-2)10(16)7-15-8(3)13-6-9(12)11(15)17/h6H,4-5,7H2,1-3H3. The van der Waals surface area contributed by atoms with Gasteiger partial charge in [-0.1, -0.05) is 0 Å². The van der Waals surface area contributed by atoms with Crippen molar-refractivity contribution in [2.24, 2.45) is 0 Å². The SMILES string of the molecule is CCN(CC)C(=O)Cn1c(C)ncc(I)c1=O. The van der Waals surface area contributed by atoms with Gasteiger partial charge in [0.25, 0.3) is 5.56 Å². The van der Waals surface area contributed by atoms with Crippen LogP contribution in [0.15, 0.2) is 11.0 Å². The number of aromatic nitrogens is 2. The summed E-state index contributed by atoms with van der Waals surface area (Å²) in [5, 5.41) is 0. The van der Waals surface area contributed by atoms with E-state index < -0.39 is 0 Å². The fraction of sp³-hybridized carbons (Fsp3) is 0.545. The molecule has 1 heterocycles. The summed E-state index contributed by atoms with van der Waals surface area (Å²) in [5.41, 5.74) is -0.154. The Morgan fingerprint density at radius 3 is 2.59 bits per heavy atom. The van der Waals surface area contributed by atoms with E-state index in [4.69, 9.17) is 0 Å². The maximum atomic E-state index is 11.9. The van der Waals surface area contributed by atoms with E-state index in [1.165, 1.54) is 10.8 Å². The van der Waals surface area contributed by atoms with Crippen LogP contribution in [-0.2, 0) is 11.3 Å². The van der Waals surface area contributed by atoms with Crippen LogP contribution in [-0.4, -0.2) is 33.4 Å². The highest BCUT2D eigenvalue weighted by Gasteiger charge is 2.13. The summed E-state index contributed by atoms with van der Waals surface area (Å²) < 4.78 is 1.95. The van der Waals surface area contributed by atoms with Gasteiger partial charge in [-0.15, -0.1) is 0 Å². The molecule has 0 N–H and O–H groups in total. The van der Waals surface area contributed by atoms with Gasteiger partial charge in [0.05, 0.1) is 3.57 Å². The average Bonchev–Trinajstić information content (AvgIpc) is 2.31. The lowest BCUT2D eigenvalue weighted by atomic mass is 10.4. The highest BCUT2D eigenvalue weighted by molar-refractivity contribution is 14.1. The van der Waals surface area contributed by atoms with Gasteiger partial charge in [-0.25, -0.2) is 4.98 Å². The third-order valence-corrected chi connectivity index (χ3v) is 3.35. The summed E-state index contributed by atoms with van der Waals surface area (Å²) in [6, 6.07) is 0. The van der Waals surface area contributed by atoms with E-state index in [2.05, 4.69) is 4.98 Å². The molecule has 94 valence electrons. The average molecular weight is 349 g/mol. The Hall–Kier alpha value is -0.920. The van der Waals surface area contributed by atoms with Crippen LogP contribution in [0.25, 0.3) is 0 Å². The number of likely N-dealkylation sites (N-methyl/N-ethyl adjacent to an activating group) is 1. The van der Waals surface area contributed by atoms with Crippen LogP contribution in [0, 0.1) is 10.5 Å². The zero-order chi connectivity index (χ0) is 13.0. The maximum Gasteiger partial charge on any atom is 0.267 e. The van der Waals surface area contributed by atoms with Crippen molar-refractivity contribution in [1.82, 2.24) is 14.5 Å². The third-order valence-electron chi connectivity index (χ3n) is 2.61. The molecule has 0 saturated heterocycles. The van der Waals surface area contributed by atoms with Crippen LogP contribution in [0.5, 0.6) is 0 Å². The minimum atomic E-state index is -0.154. The summed E-state index contributed by atoms with van der Waals surface area (Å²) in [6.07, 6.45) is 1.52. The molecule has 0 saturated carbocycles. The summed E-state index contributed by atoms with van der Waals surface area (Å²) in [6.45, 7) is 6.94. The van der Waals surface area contributed by atoms with E-state index in [0.717, 1.165) is 0 Å². The van der Waals surface area contributed by atoms with Gasteiger partial charge in [-0.05, 0) is 43.4 Å². The Bertz CT molecular complexity index is 466. The van der Waals surface area contributed by atoms with Gasteiger partial charge in [-0.2, -0.15) is 0 Å². The van der Waals surface area contributed by atoms with Crippen molar-refractivity contribution in [1.29, 1.82) is 0 Å². The molecule has 0 aliphatic rings. The Balaban J connectivity index is 3.00. The fourth-order valence-corrected chi connectivity index (χ4v) is 1.98. The van der Waals surface area contributed by atoms with Crippen LogP contribution in [0.3, 0.4) is 0 Å². The quantitative estimate of drug-likeness (QED) is 0.763. The van der Waals surface area contributed by atoms with Crippen molar-refractivity contribution in [3.8, 4) is 0 Å². The number of carbonyl (C=O) groups is 1. The van der Waals surface area contributed by atoms with Crippen molar-refractivity contribution < 1.29 is 4.79 Å².